The minimum absolute atomic E-state index is 0.0331. The number of amides is 1. The van der Waals surface area contributed by atoms with Gasteiger partial charge in [0.15, 0.2) is 0 Å². The summed E-state index contributed by atoms with van der Waals surface area (Å²) in [5, 5.41) is 4.54. The Morgan fingerprint density at radius 1 is 0.917 bits per heavy atom. The van der Waals surface area contributed by atoms with E-state index in [9.17, 15) is 13.2 Å². The maximum absolute atomic E-state index is 13.3. The summed E-state index contributed by atoms with van der Waals surface area (Å²) in [6.07, 6.45) is 9.04. The van der Waals surface area contributed by atoms with Gasteiger partial charge in [-0.15, -0.1) is 0 Å². The van der Waals surface area contributed by atoms with Crippen LogP contribution in [-0.2, 0) is 14.8 Å². The minimum atomic E-state index is -3.53. The molecule has 6 rings (SSSR count). The number of carbonyl (C=O) groups is 1. The average molecular weight is 673 g/mol. The number of anilines is 2. The number of fused-ring (bicyclic) bond motifs is 1. The van der Waals surface area contributed by atoms with Crippen LogP contribution in [0.4, 0.5) is 16.4 Å². The van der Waals surface area contributed by atoms with Gasteiger partial charge in [-0.2, -0.15) is 0 Å². The number of benzene rings is 2. The predicted molar refractivity (Wildman–Crippen MR) is 188 cm³/mol. The standard InChI is InChI=1S/C36H44N6O5S/c1-24-17-18-27-28(14-8-16-31(27)41-48(44,45)26-12-6-5-7-13-26)32(24)46-33-29(15-9-20-37-33)30-19-21-38-34(40-30)39-25-11-10-22-42(23-25)35(43)47-36(2,3)4/h8-9,14-21,25-26,41H,5-7,10-13,22-23H2,1-4H3,(H,38,39,40). The molecule has 2 aromatic heterocycles. The summed E-state index contributed by atoms with van der Waals surface area (Å²) in [5.74, 6) is 1.39. The van der Waals surface area contributed by atoms with E-state index in [1.165, 1.54) is 0 Å². The van der Waals surface area contributed by atoms with Gasteiger partial charge in [0.1, 0.15) is 11.4 Å². The number of pyridine rings is 1. The number of sulfonamides is 1. The van der Waals surface area contributed by atoms with Crippen LogP contribution in [0.3, 0.4) is 0 Å². The fourth-order valence-corrected chi connectivity index (χ4v) is 7.99. The molecule has 3 heterocycles. The molecular formula is C36H44N6O5S. The molecule has 1 aliphatic carbocycles. The first-order chi connectivity index (χ1) is 23.0. The molecule has 1 saturated carbocycles. The maximum Gasteiger partial charge on any atom is 0.410 e. The lowest BCUT2D eigenvalue weighted by atomic mass is 10.0. The largest absolute Gasteiger partial charge is 0.444 e. The van der Waals surface area contributed by atoms with Crippen molar-refractivity contribution < 1.29 is 22.7 Å². The number of ether oxygens (including phenoxy) is 2. The molecule has 0 spiro atoms. The van der Waals surface area contributed by atoms with E-state index in [1.807, 2.05) is 64.1 Å². The Labute approximate surface area is 282 Å². The van der Waals surface area contributed by atoms with E-state index in [0.29, 0.717) is 60.5 Å². The third-order valence-corrected chi connectivity index (χ3v) is 10.6. The topological polar surface area (TPSA) is 136 Å². The number of nitrogens with zero attached hydrogens (tertiary/aromatic N) is 4. The molecule has 12 heteroatoms. The van der Waals surface area contributed by atoms with E-state index in [4.69, 9.17) is 14.5 Å². The monoisotopic (exact) mass is 672 g/mol. The van der Waals surface area contributed by atoms with Crippen LogP contribution < -0.4 is 14.8 Å². The number of hydrogen-bond acceptors (Lipinski definition) is 9. The normalized spacial score (nSPS) is 17.6. The lowest BCUT2D eigenvalue weighted by Crippen LogP contribution is -2.47. The van der Waals surface area contributed by atoms with Crippen LogP contribution in [0.15, 0.2) is 60.9 Å². The van der Waals surface area contributed by atoms with Crippen LogP contribution in [0.2, 0.25) is 0 Å². The Morgan fingerprint density at radius 3 is 2.52 bits per heavy atom. The number of carbonyl (C=O) groups excluding carboxylic acids is 1. The molecule has 2 aromatic carbocycles. The molecule has 4 aromatic rings. The van der Waals surface area contributed by atoms with Crippen molar-refractivity contribution in [2.75, 3.05) is 23.1 Å². The van der Waals surface area contributed by atoms with Crippen molar-refractivity contribution in [2.45, 2.75) is 89.5 Å². The molecular weight excluding hydrogens is 629 g/mol. The van der Waals surface area contributed by atoms with Crippen molar-refractivity contribution in [3.63, 3.8) is 0 Å². The fourth-order valence-electron chi connectivity index (χ4n) is 6.39. The second-order valence-electron chi connectivity index (χ2n) is 13.7. The van der Waals surface area contributed by atoms with Crippen LogP contribution in [0.5, 0.6) is 11.6 Å². The van der Waals surface area contributed by atoms with Crippen LogP contribution in [0.1, 0.15) is 71.3 Å². The van der Waals surface area contributed by atoms with E-state index in [-0.39, 0.29) is 17.4 Å². The smallest absolute Gasteiger partial charge is 0.410 e. The Balaban J connectivity index is 1.24. The average Bonchev–Trinajstić information content (AvgIpc) is 3.06. The number of piperidine rings is 1. The second kappa shape index (κ2) is 14.0. The third-order valence-electron chi connectivity index (χ3n) is 8.76. The van der Waals surface area contributed by atoms with Gasteiger partial charge in [-0.3, -0.25) is 4.72 Å². The van der Waals surface area contributed by atoms with Gasteiger partial charge in [0, 0.05) is 42.3 Å². The lowest BCUT2D eigenvalue weighted by molar-refractivity contribution is 0.0206. The van der Waals surface area contributed by atoms with Crippen molar-refractivity contribution in [1.29, 1.82) is 0 Å². The van der Waals surface area contributed by atoms with Crippen molar-refractivity contribution in [1.82, 2.24) is 19.9 Å². The molecule has 2 aliphatic rings. The van der Waals surface area contributed by atoms with Crippen LogP contribution in [0, 0.1) is 6.92 Å². The number of aryl methyl sites for hydroxylation is 1. The lowest BCUT2D eigenvalue weighted by Gasteiger charge is -2.34. The van der Waals surface area contributed by atoms with Crippen LogP contribution in [-0.4, -0.2) is 64.3 Å². The Bertz CT molecular complexity index is 1890. The first-order valence-electron chi connectivity index (χ1n) is 16.7. The summed E-state index contributed by atoms with van der Waals surface area (Å²) < 4.78 is 41.6. The number of aromatic nitrogens is 3. The maximum atomic E-state index is 13.3. The summed E-state index contributed by atoms with van der Waals surface area (Å²) >= 11 is 0. The van der Waals surface area contributed by atoms with Crippen LogP contribution in [0.25, 0.3) is 22.0 Å². The van der Waals surface area contributed by atoms with Crippen LogP contribution >= 0.6 is 0 Å². The number of hydrogen-bond donors (Lipinski definition) is 2. The highest BCUT2D eigenvalue weighted by Crippen LogP contribution is 2.39. The molecule has 48 heavy (non-hydrogen) atoms. The van der Waals surface area contributed by atoms with Gasteiger partial charge < -0.3 is 19.7 Å². The van der Waals surface area contributed by atoms with Gasteiger partial charge in [-0.1, -0.05) is 43.5 Å². The number of nitrogens with one attached hydrogen (secondary N) is 2. The summed E-state index contributed by atoms with van der Waals surface area (Å²) in [6.45, 7) is 8.67. The highest BCUT2D eigenvalue weighted by Gasteiger charge is 2.29. The summed E-state index contributed by atoms with van der Waals surface area (Å²) in [5.41, 5.74) is 2.14. The van der Waals surface area contributed by atoms with Gasteiger partial charge in [0.2, 0.25) is 21.9 Å². The van der Waals surface area contributed by atoms with E-state index in [2.05, 4.69) is 20.0 Å². The van der Waals surface area contributed by atoms with E-state index < -0.39 is 15.6 Å². The van der Waals surface area contributed by atoms with Gasteiger partial charge in [-0.25, -0.2) is 28.2 Å². The highest BCUT2D eigenvalue weighted by atomic mass is 32.2. The summed E-state index contributed by atoms with van der Waals surface area (Å²) in [7, 11) is -3.53. The van der Waals surface area contributed by atoms with Crippen molar-refractivity contribution in [3.05, 3.63) is 66.5 Å². The SMILES string of the molecule is Cc1ccc2c(NS(=O)(=O)C3CCCCC3)cccc2c1Oc1ncccc1-c1ccnc(NC2CCCN(C(=O)OC(C)(C)C)C2)n1. The molecule has 1 amide bonds. The third kappa shape index (κ3) is 7.81. The molecule has 0 bridgehead atoms. The van der Waals surface area contributed by atoms with Crippen molar-refractivity contribution in [3.8, 4) is 22.9 Å². The highest BCUT2D eigenvalue weighted by molar-refractivity contribution is 7.93. The van der Waals surface area contributed by atoms with Crippen molar-refractivity contribution >= 4 is 38.5 Å². The van der Waals surface area contributed by atoms with Gasteiger partial charge in [0.05, 0.1) is 22.2 Å². The Kier molecular flexibility index (Phi) is 9.73. The van der Waals surface area contributed by atoms with Crippen molar-refractivity contribution in [2.24, 2.45) is 0 Å². The predicted octanol–water partition coefficient (Wildman–Crippen LogP) is 7.68. The number of likely N-dealkylation sites (tertiary alicyclic amines) is 1. The Morgan fingerprint density at radius 2 is 1.73 bits per heavy atom. The molecule has 11 nitrogen and oxygen atoms in total. The first-order valence-corrected chi connectivity index (χ1v) is 18.3. The fraction of sp³-hybridized carbons (Fsp3) is 0.444. The van der Waals surface area contributed by atoms with E-state index in [1.54, 1.807) is 29.4 Å². The summed E-state index contributed by atoms with van der Waals surface area (Å²) in [6, 6.07) is 14.9. The minimum Gasteiger partial charge on any atom is -0.444 e. The zero-order chi connectivity index (χ0) is 33.9. The first kappa shape index (κ1) is 33.5. The molecule has 1 saturated heterocycles. The zero-order valence-corrected chi connectivity index (χ0v) is 28.8. The quantitative estimate of drug-likeness (QED) is 0.193. The second-order valence-corrected chi connectivity index (χ2v) is 15.6. The van der Waals surface area contributed by atoms with Gasteiger partial charge >= 0.3 is 6.09 Å². The molecule has 2 fully saturated rings. The summed E-state index contributed by atoms with van der Waals surface area (Å²) in [4.78, 5) is 28.2. The molecule has 1 atom stereocenters. The van der Waals surface area contributed by atoms with E-state index >= 15 is 0 Å². The number of rotatable bonds is 8. The molecule has 1 aliphatic heterocycles. The molecule has 1 unspecified atom stereocenters. The molecule has 0 radical (unpaired) electrons. The Hall–Kier alpha value is -4.45. The molecule has 2 N–H and O–H groups in total. The van der Waals surface area contributed by atoms with E-state index in [0.717, 1.165) is 48.4 Å². The zero-order valence-electron chi connectivity index (χ0n) is 28.0. The van der Waals surface area contributed by atoms with Gasteiger partial charge in [0.25, 0.3) is 0 Å². The van der Waals surface area contributed by atoms with Gasteiger partial charge in [-0.05, 0) is 83.2 Å². The molecule has 254 valence electrons.